The molecule has 2 N–H and O–H groups in total. The van der Waals surface area contributed by atoms with Gasteiger partial charge in [-0.3, -0.25) is 18.8 Å². The lowest BCUT2D eigenvalue weighted by Crippen LogP contribution is -2.49. The molecule has 13 heteroatoms. The number of benzene rings is 3. The van der Waals surface area contributed by atoms with Crippen molar-refractivity contribution in [1.29, 1.82) is 0 Å². The predicted molar refractivity (Wildman–Crippen MR) is 203 cm³/mol. The van der Waals surface area contributed by atoms with Crippen molar-refractivity contribution in [2.24, 2.45) is 5.73 Å². The summed E-state index contributed by atoms with van der Waals surface area (Å²) in [5.41, 5.74) is 9.20. The fourth-order valence-electron chi connectivity index (χ4n) is 5.68. The second kappa shape index (κ2) is 16.7. The summed E-state index contributed by atoms with van der Waals surface area (Å²) in [6.45, 7) is 9.26. The lowest BCUT2D eigenvalue weighted by atomic mass is 10.0. The molecule has 4 aromatic rings. The highest BCUT2D eigenvalue weighted by Gasteiger charge is 2.33. The van der Waals surface area contributed by atoms with Gasteiger partial charge < -0.3 is 10.5 Å². The third kappa shape index (κ3) is 10.1. The van der Waals surface area contributed by atoms with Gasteiger partial charge in [-0.25, -0.2) is 14.7 Å². The molecule has 0 spiro atoms. The third-order valence-electron chi connectivity index (χ3n) is 8.06. The molecule has 9 nitrogen and oxygen atoms in total. The topological polar surface area (TPSA) is 109 Å². The minimum atomic E-state index is -0.976. The van der Waals surface area contributed by atoms with Gasteiger partial charge in [-0.05, 0) is 75.4 Å². The number of thiazole rings is 1. The Kier molecular flexibility index (Phi) is 12.6. The normalized spacial score (nSPS) is 14.6. The van der Waals surface area contributed by atoms with E-state index < -0.39 is 23.6 Å². The van der Waals surface area contributed by atoms with E-state index >= 15 is 0 Å². The minimum absolute atomic E-state index is 0.0324. The number of ether oxygens (including phenoxy) is 1. The monoisotopic (exact) mass is 753 g/mol. The molecule has 0 aliphatic carbocycles. The van der Waals surface area contributed by atoms with E-state index in [2.05, 4.69) is 4.90 Å². The van der Waals surface area contributed by atoms with Crippen LogP contribution < -0.4 is 10.6 Å². The Morgan fingerprint density at radius 3 is 2.38 bits per heavy atom. The highest BCUT2D eigenvalue weighted by molar-refractivity contribution is 7.99. The number of anilines is 1. The number of carbonyl (C=O) groups is 3. The molecule has 1 fully saturated rings. The molecule has 0 unspecified atom stereocenters. The molecule has 1 aliphatic heterocycles. The van der Waals surface area contributed by atoms with Gasteiger partial charge in [0.2, 0.25) is 5.91 Å². The number of amides is 3. The summed E-state index contributed by atoms with van der Waals surface area (Å²) in [4.78, 5) is 48.2. The molecular weight excluding hydrogens is 713 g/mol. The molecule has 5 rings (SSSR count). The summed E-state index contributed by atoms with van der Waals surface area (Å²) in [6, 6.07) is 21.2. The zero-order valence-electron chi connectivity index (χ0n) is 28.5. The van der Waals surface area contributed by atoms with E-state index in [4.69, 9.17) is 38.7 Å². The van der Waals surface area contributed by atoms with E-state index in [1.807, 2.05) is 64.3 Å². The summed E-state index contributed by atoms with van der Waals surface area (Å²) in [6.07, 6.45) is 1.11. The van der Waals surface area contributed by atoms with Gasteiger partial charge in [0.05, 0.1) is 27.5 Å². The molecule has 3 amide bonds. The van der Waals surface area contributed by atoms with Crippen LogP contribution in [0.25, 0.3) is 11.3 Å². The van der Waals surface area contributed by atoms with Crippen LogP contribution in [0.5, 0.6) is 0 Å². The second-order valence-electron chi connectivity index (χ2n) is 13.2. The van der Waals surface area contributed by atoms with E-state index in [9.17, 15) is 14.4 Å². The lowest BCUT2D eigenvalue weighted by Gasteiger charge is -2.37. The van der Waals surface area contributed by atoms with Crippen LogP contribution >= 0.6 is 46.5 Å². The predicted octanol–water partition coefficient (Wildman–Crippen LogP) is 8.48. The van der Waals surface area contributed by atoms with Crippen LogP contribution in [-0.2, 0) is 27.3 Å². The summed E-state index contributed by atoms with van der Waals surface area (Å²) in [7, 11) is 0. The van der Waals surface area contributed by atoms with Crippen molar-refractivity contribution in [2.75, 3.05) is 18.0 Å². The maximum atomic E-state index is 13.7. The molecule has 50 heavy (non-hydrogen) atoms. The zero-order valence-corrected chi connectivity index (χ0v) is 31.6. The van der Waals surface area contributed by atoms with Crippen molar-refractivity contribution in [1.82, 2.24) is 14.2 Å². The number of carbonyl (C=O) groups excluding carboxylic acids is 3. The minimum Gasteiger partial charge on any atom is -0.443 e. The van der Waals surface area contributed by atoms with E-state index in [0.29, 0.717) is 31.3 Å². The molecule has 1 aliphatic rings. The largest absolute Gasteiger partial charge is 0.443 e. The number of likely N-dealkylation sites (tertiary alicyclic amines) is 1. The number of piperidine rings is 1. The summed E-state index contributed by atoms with van der Waals surface area (Å²) in [5, 5.41) is 2.99. The fraction of sp³-hybridized carbons (Fsp3) is 0.351. The molecule has 0 radical (unpaired) electrons. The highest BCUT2D eigenvalue weighted by atomic mass is 35.5. The molecule has 2 heterocycles. The quantitative estimate of drug-likeness (QED) is 0.161. The molecular formula is C37H41Cl2N5O4S2. The van der Waals surface area contributed by atoms with Crippen molar-refractivity contribution in [3.05, 3.63) is 99.3 Å². The maximum absolute atomic E-state index is 13.7. The average molecular weight is 755 g/mol. The van der Waals surface area contributed by atoms with Gasteiger partial charge in [0, 0.05) is 55.5 Å². The van der Waals surface area contributed by atoms with Crippen molar-refractivity contribution in [3.8, 4) is 11.3 Å². The van der Waals surface area contributed by atoms with Gasteiger partial charge >= 0.3 is 6.09 Å². The standard InChI is InChI=1S/C37H41Cl2N5O4S2/c1-24(45)44(28-15-17-42(18-16-28)22-26-13-14-30(38)31(39)19-26)50-35-41-33(23-49-35)27-11-8-12-29(21-27)43(36(47)48-37(2,3)4)34(46)32(40)20-25-9-6-5-7-10-25/h5-14,19,21,23,28,32H,15-18,20,22,40H2,1-4H3/t32-/m0/s1. The number of hydrogen-bond donors (Lipinski definition) is 1. The van der Waals surface area contributed by atoms with E-state index in [1.165, 1.54) is 23.3 Å². The van der Waals surface area contributed by atoms with Gasteiger partial charge in [0.15, 0.2) is 4.34 Å². The number of rotatable bonds is 10. The lowest BCUT2D eigenvalue weighted by molar-refractivity contribution is -0.126. The van der Waals surface area contributed by atoms with Crippen LogP contribution in [0.1, 0.15) is 51.7 Å². The van der Waals surface area contributed by atoms with Crippen molar-refractivity contribution < 1.29 is 19.1 Å². The average Bonchev–Trinajstić information content (AvgIpc) is 3.54. The number of halogens is 2. The summed E-state index contributed by atoms with van der Waals surface area (Å²) >= 11 is 15.1. The Morgan fingerprint density at radius 2 is 1.72 bits per heavy atom. The van der Waals surface area contributed by atoms with E-state index in [-0.39, 0.29) is 18.4 Å². The smallest absolute Gasteiger partial charge is 0.421 e. The summed E-state index contributed by atoms with van der Waals surface area (Å²) < 4.78 is 8.18. The number of hydrogen-bond acceptors (Lipinski definition) is 9. The molecule has 3 aromatic carbocycles. The van der Waals surface area contributed by atoms with Crippen LogP contribution in [0, 0.1) is 0 Å². The molecule has 1 aromatic heterocycles. The van der Waals surface area contributed by atoms with Crippen LogP contribution in [0.3, 0.4) is 0 Å². The van der Waals surface area contributed by atoms with Crippen molar-refractivity contribution >= 4 is 70.1 Å². The molecule has 264 valence electrons. The van der Waals surface area contributed by atoms with Crippen LogP contribution in [0.2, 0.25) is 10.0 Å². The Balaban J connectivity index is 1.29. The third-order valence-corrected chi connectivity index (χ3v) is 10.9. The molecule has 0 saturated carbocycles. The SMILES string of the molecule is CC(=O)N(Sc1nc(-c2cccc(N(C(=O)OC(C)(C)C)C(=O)[C@@H](N)Cc3ccccc3)c2)cs1)C1CCN(Cc2ccc(Cl)c(Cl)c2)CC1. The Morgan fingerprint density at radius 1 is 1.00 bits per heavy atom. The van der Waals surface area contributed by atoms with Gasteiger partial charge in [-0.1, -0.05) is 71.7 Å². The first kappa shape index (κ1) is 37.8. The second-order valence-corrected chi connectivity index (χ2v) is 16.1. The first-order valence-corrected chi connectivity index (χ1v) is 18.7. The Labute approximate surface area is 311 Å². The molecule has 0 bridgehead atoms. The first-order valence-electron chi connectivity index (χ1n) is 16.3. The number of nitrogens with two attached hydrogens (primary N) is 1. The number of imide groups is 1. The fourth-order valence-corrected chi connectivity index (χ4v) is 7.90. The molecule has 1 saturated heterocycles. The summed E-state index contributed by atoms with van der Waals surface area (Å²) in [5.74, 6) is -0.607. The van der Waals surface area contributed by atoms with Crippen LogP contribution in [-0.4, -0.2) is 62.9 Å². The number of nitrogens with zero attached hydrogens (tertiary/aromatic N) is 4. The maximum Gasteiger partial charge on any atom is 0.421 e. The van der Waals surface area contributed by atoms with Gasteiger partial charge in [0.25, 0.3) is 5.91 Å². The van der Waals surface area contributed by atoms with E-state index in [0.717, 1.165) is 48.5 Å². The van der Waals surface area contributed by atoms with Crippen molar-refractivity contribution in [3.63, 3.8) is 0 Å². The highest BCUT2D eigenvalue weighted by Crippen LogP contribution is 2.35. The van der Waals surface area contributed by atoms with Crippen molar-refractivity contribution in [2.45, 2.75) is 75.5 Å². The zero-order chi connectivity index (χ0) is 36.0. The first-order chi connectivity index (χ1) is 23.8. The Hall–Kier alpha value is -3.45. The van der Waals surface area contributed by atoms with Gasteiger partial charge in [-0.15, -0.1) is 11.3 Å². The molecule has 1 atom stereocenters. The van der Waals surface area contributed by atoms with Crippen LogP contribution in [0.15, 0.2) is 82.5 Å². The Bertz CT molecular complexity index is 1810. The van der Waals surface area contributed by atoms with Gasteiger partial charge in [-0.2, -0.15) is 0 Å². The number of aromatic nitrogens is 1. The van der Waals surface area contributed by atoms with Gasteiger partial charge in [0.1, 0.15) is 5.60 Å². The van der Waals surface area contributed by atoms with Crippen LogP contribution in [0.4, 0.5) is 10.5 Å². The van der Waals surface area contributed by atoms with E-state index in [1.54, 1.807) is 45.9 Å².